The number of hydrogen-bond acceptors (Lipinski definition) is 2. The van der Waals surface area contributed by atoms with Crippen molar-refractivity contribution in [1.29, 1.82) is 0 Å². The Hall–Kier alpha value is -1.32. The molecule has 0 saturated carbocycles. The first-order chi connectivity index (χ1) is 9.65. The monoisotopic (exact) mass is 333 g/mol. The summed E-state index contributed by atoms with van der Waals surface area (Å²) in [6.07, 6.45) is 0. The molecule has 1 N–H and O–H groups in total. The third-order valence-electron chi connectivity index (χ3n) is 3.32. The summed E-state index contributed by atoms with van der Waals surface area (Å²) in [4.78, 5) is 0. The lowest BCUT2D eigenvalue weighted by molar-refractivity contribution is 0.414. The lowest BCUT2D eigenvalue weighted by Crippen LogP contribution is -2.22. The maximum atomic E-state index is 5.22. The average molecular weight is 334 g/mol. The van der Waals surface area contributed by atoms with E-state index in [0.29, 0.717) is 0 Å². The SMILES string of the molecule is CCNC(c1ccc(OC)cc1)c1ccc(C)cc1Br. The zero-order valence-electron chi connectivity index (χ0n) is 12.1. The third-order valence-corrected chi connectivity index (χ3v) is 4.01. The maximum absolute atomic E-state index is 5.22. The Kier molecular flexibility index (Phi) is 5.21. The molecule has 1 atom stereocenters. The van der Waals surface area contributed by atoms with Gasteiger partial charge in [0.05, 0.1) is 13.2 Å². The van der Waals surface area contributed by atoms with Gasteiger partial charge in [0.15, 0.2) is 0 Å². The van der Waals surface area contributed by atoms with Crippen LogP contribution in [-0.2, 0) is 0 Å². The van der Waals surface area contributed by atoms with Crippen LogP contribution in [0.5, 0.6) is 5.75 Å². The highest BCUT2D eigenvalue weighted by Crippen LogP contribution is 2.30. The van der Waals surface area contributed by atoms with Crippen molar-refractivity contribution in [1.82, 2.24) is 5.32 Å². The molecule has 0 aliphatic heterocycles. The molecule has 0 aliphatic rings. The van der Waals surface area contributed by atoms with Crippen LogP contribution >= 0.6 is 15.9 Å². The largest absolute Gasteiger partial charge is 0.497 e. The molecule has 0 aromatic heterocycles. The number of methoxy groups -OCH3 is 1. The molecule has 2 rings (SSSR count). The highest BCUT2D eigenvalue weighted by molar-refractivity contribution is 9.10. The second-order valence-electron chi connectivity index (χ2n) is 4.79. The lowest BCUT2D eigenvalue weighted by Gasteiger charge is -2.21. The topological polar surface area (TPSA) is 21.3 Å². The zero-order valence-corrected chi connectivity index (χ0v) is 13.7. The van der Waals surface area contributed by atoms with E-state index >= 15 is 0 Å². The number of hydrogen-bond donors (Lipinski definition) is 1. The fraction of sp³-hybridized carbons (Fsp3) is 0.294. The van der Waals surface area contributed by atoms with Gasteiger partial charge in [-0.1, -0.05) is 47.1 Å². The fourth-order valence-corrected chi connectivity index (χ4v) is 3.00. The van der Waals surface area contributed by atoms with Crippen molar-refractivity contribution in [3.8, 4) is 5.75 Å². The molecule has 0 aliphatic carbocycles. The van der Waals surface area contributed by atoms with E-state index in [4.69, 9.17) is 4.74 Å². The minimum absolute atomic E-state index is 0.181. The quantitative estimate of drug-likeness (QED) is 0.871. The average Bonchev–Trinajstić information content (AvgIpc) is 2.46. The Morgan fingerprint density at radius 1 is 1.15 bits per heavy atom. The summed E-state index contributed by atoms with van der Waals surface area (Å²) in [5.74, 6) is 0.881. The van der Waals surface area contributed by atoms with E-state index < -0.39 is 0 Å². The van der Waals surface area contributed by atoms with E-state index in [1.165, 1.54) is 16.7 Å². The van der Waals surface area contributed by atoms with Crippen molar-refractivity contribution in [2.75, 3.05) is 13.7 Å². The summed E-state index contributed by atoms with van der Waals surface area (Å²) in [5, 5.41) is 3.54. The normalized spacial score (nSPS) is 12.2. The minimum Gasteiger partial charge on any atom is -0.497 e. The molecule has 20 heavy (non-hydrogen) atoms. The number of ether oxygens (including phenoxy) is 1. The minimum atomic E-state index is 0.181. The maximum Gasteiger partial charge on any atom is 0.118 e. The Balaban J connectivity index is 2.38. The smallest absolute Gasteiger partial charge is 0.118 e. The van der Waals surface area contributed by atoms with Crippen molar-refractivity contribution in [2.45, 2.75) is 19.9 Å². The summed E-state index contributed by atoms with van der Waals surface area (Å²) in [6.45, 7) is 5.14. The first kappa shape index (κ1) is 15.1. The van der Waals surface area contributed by atoms with Crippen LogP contribution in [0.15, 0.2) is 46.9 Å². The van der Waals surface area contributed by atoms with Crippen LogP contribution in [0.3, 0.4) is 0 Å². The van der Waals surface area contributed by atoms with Crippen molar-refractivity contribution in [3.63, 3.8) is 0 Å². The summed E-state index contributed by atoms with van der Waals surface area (Å²) in [7, 11) is 1.69. The molecule has 106 valence electrons. The molecular weight excluding hydrogens is 314 g/mol. The predicted molar refractivity (Wildman–Crippen MR) is 87.4 cm³/mol. The molecular formula is C17H20BrNO. The van der Waals surface area contributed by atoms with E-state index in [0.717, 1.165) is 16.8 Å². The lowest BCUT2D eigenvalue weighted by atomic mass is 9.97. The van der Waals surface area contributed by atoms with Crippen LogP contribution in [-0.4, -0.2) is 13.7 Å². The van der Waals surface area contributed by atoms with Gasteiger partial charge in [0.2, 0.25) is 0 Å². The van der Waals surface area contributed by atoms with E-state index in [1.807, 2.05) is 12.1 Å². The van der Waals surface area contributed by atoms with Crippen molar-refractivity contribution >= 4 is 15.9 Å². The van der Waals surface area contributed by atoms with E-state index in [2.05, 4.69) is 65.4 Å². The Morgan fingerprint density at radius 2 is 1.85 bits per heavy atom. The molecule has 0 heterocycles. The summed E-state index contributed by atoms with van der Waals surface area (Å²) in [6, 6.07) is 14.9. The van der Waals surface area contributed by atoms with Crippen molar-refractivity contribution in [2.24, 2.45) is 0 Å². The van der Waals surface area contributed by atoms with Gasteiger partial charge in [0.1, 0.15) is 5.75 Å². The number of nitrogens with one attached hydrogen (secondary N) is 1. The second-order valence-corrected chi connectivity index (χ2v) is 5.64. The fourth-order valence-electron chi connectivity index (χ4n) is 2.27. The van der Waals surface area contributed by atoms with E-state index in [-0.39, 0.29) is 6.04 Å². The molecule has 0 bridgehead atoms. The number of aryl methyl sites for hydroxylation is 1. The van der Waals surface area contributed by atoms with Gasteiger partial charge >= 0.3 is 0 Å². The third kappa shape index (κ3) is 3.41. The molecule has 0 amide bonds. The van der Waals surface area contributed by atoms with Crippen LogP contribution in [0, 0.1) is 6.92 Å². The number of benzene rings is 2. The molecule has 0 spiro atoms. The standard InChI is InChI=1S/C17H20BrNO/c1-4-19-17(13-6-8-14(20-3)9-7-13)15-10-5-12(2)11-16(15)18/h5-11,17,19H,4H2,1-3H3. The highest BCUT2D eigenvalue weighted by atomic mass is 79.9. The molecule has 0 radical (unpaired) electrons. The van der Waals surface area contributed by atoms with Crippen LogP contribution < -0.4 is 10.1 Å². The molecule has 0 fully saturated rings. The zero-order chi connectivity index (χ0) is 14.5. The first-order valence-corrected chi connectivity index (χ1v) is 7.58. The van der Waals surface area contributed by atoms with Gasteiger partial charge in [-0.15, -0.1) is 0 Å². The van der Waals surface area contributed by atoms with E-state index in [1.54, 1.807) is 7.11 Å². The molecule has 1 unspecified atom stereocenters. The first-order valence-electron chi connectivity index (χ1n) is 6.79. The molecule has 2 nitrogen and oxygen atoms in total. The Morgan fingerprint density at radius 3 is 2.40 bits per heavy atom. The second kappa shape index (κ2) is 6.91. The van der Waals surface area contributed by atoms with Crippen molar-refractivity contribution < 1.29 is 4.74 Å². The van der Waals surface area contributed by atoms with Gasteiger partial charge in [0.25, 0.3) is 0 Å². The van der Waals surface area contributed by atoms with Gasteiger partial charge < -0.3 is 10.1 Å². The van der Waals surface area contributed by atoms with Crippen LogP contribution in [0.1, 0.15) is 29.7 Å². The van der Waals surface area contributed by atoms with Crippen molar-refractivity contribution in [3.05, 3.63) is 63.6 Å². The summed E-state index contributed by atoms with van der Waals surface area (Å²) < 4.78 is 6.36. The van der Waals surface area contributed by atoms with Gasteiger partial charge in [-0.3, -0.25) is 0 Å². The summed E-state index contributed by atoms with van der Waals surface area (Å²) in [5.41, 5.74) is 3.74. The van der Waals surface area contributed by atoms with Gasteiger partial charge in [-0.2, -0.15) is 0 Å². The van der Waals surface area contributed by atoms with Gasteiger partial charge in [0, 0.05) is 4.47 Å². The Bertz CT molecular complexity index is 566. The highest BCUT2D eigenvalue weighted by Gasteiger charge is 2.15. The molecule has 0 saturated heterocycles. The molecule has 2 aromatic rings. The molecule has 3 heteroatoms. The van der Waals surface area contributed by atoms with E-state index in [9.17, 15) is 0 Å². The predicted octanol–water partition coefficient (Wildman–Crippen LogP) is 4.47. The van der Waals surface area contributed by atoms with Crippen LogP contribution in [0.4, 0.5) is 0 Å². The number of halogens is 1. The van der Waals surface area contributed by atoms with Gasteiger partial charge in [-0.05, 0) is 48.4 Å². The van der Waals surface area contributed by atoms with Crippen LogP contribution in [0.2, 0.25) is 0 Å². The van der Waals surface area contributed by atoms with Crippen LogP contribution in [0.25, 0.3) is 0 Å². The molecule has 2 aromatic carbocycles. The summed E-state index contributed by atoms with van der Waals surface area (Å²) >= 11 is 3.68. The Labute approximate surface area is 129 Å². The van der Waals surface area contributed by atoms with Gasteiger partial charge in [-0.25, -0.2) is 0 Å². The number of rotatable bonds is 5.